The first-order valence-corrected chi connectivity index (χ1v) is 9.14. The number of carbonyl (C=O) groups excluding carboxylic acids is 2. The zero-order valence-corrected chi connectivity index (χ0v) is 14.9. The highest BCUT2D eigenvalue weighted by atomic mass is 19.1. The number of amides is 2. The summed E-state index contributed by atoms with van der Waals surface area (Å²) in [5.74, 6) is -1.03. The summed E-state index contributed by atoms with van der Waals surface area (Å²) in [6, 6.07) is 4.61. The summed E-state index contributed by atoms with van der Waals surface area (Å²) in [4.78, 5) is 28.5. The predicted molar refractivity (Wildman–Crippen MR) is 96.8 cm³/mol. The zero-order valence-electron chi connectivity index (χ0n) is 14.9. The SMILES string of the molecule is O=C(NCCN1CCOCC1)[C@H]1CC(=O)N(c2n[nH]c3cccc(F)c23)C1. The second-order valence-electron chi connectivity index (χ2n) is 6.86. The van der Waals surface area contributed by atoms with Crippen LogP contribution in [0.2, 0.25) is 0 Å². The molecule has 3 heterocycles. The average Bonchev–Trinajstić information content (AvgIpc) is 3.27. The van der Waals surface area contributed by atoms with Crippen molar-refractivity contribution < 1.29 is 18.7 Å². The third-order valence-electron chi connectivity index (χ3n) is 5.10. The Morgan fingerprint density at radius 3 is 3.00 bits per heavy atom. The lowest BCUT2D eigenvalue weighted by molar-refractivity contribution is -0.126. The van der Waals surface area contributed by atoms with Crippen molar-refractivity contribution >= 4 is 28.5 Å². The van der Waals surface area contributed by atoms with Gasteiger partial charge in [0.25, 0.3) is 0 Å². The maximum absolute atomic E-state index is 14.2. The van der Waals surface area contributed by atoms with Crippen molar-refractivity contribution in [2.24, 2.45) is 5.92 Å². The molecule has 2 aromatic rings. The first-order chi connectivity index (χ1) is 13.1. The van der Waals surface area contributed by atoms with Gasteiger partial charge in [0.05, 0.1) is 30.0 Å². The molecule has 0 radical (unpaired) electrons. The smallest absolute Gasteiger partial charge is 0.229 e. The fourth-order valence-corrected chi connectivity index (χ4v) is 3.60. The van der Waals surface area contributed by atoms with Crippen molar-refractivity contribution in [3.8, 4) is 0 Å². The van der Waals surface area contributed by atoms with E-state index >= 15 is 0 Å². The molecule has 0 bridgehead atoms. The van der Waals surface area contributed by atoms with Crippen LogP contribution >= 0.6 is 0 Å². The third kappa shape index (κ3) is 3.65. The van der Waals surface area contributed by atoms with E-state index in [0.717, 1.165) is 19.6 Å². The zero-order chi connectivity index (χ0) is 18.8. The van der Waals surface area contributed by atoms with E-state index < -0.39 is 11.7 Å². The average molecular weight is 375 g/mol. The van der Waals surface area contributed by atoms with Crippen LogP contribution in [0.5, 0.6) is 0 Å². The molecule has 2 N–H and O–H groups in total. The van der Waals surface area contributed by atoms with E-state index in [1.165, 1.54) is 11.0 Å². The van der Waals surface area contributed by atoms with E-state index in [9.17, 15) is 14.0 Å². The van der Waals surface area contributed by atoms with E-state index in [1.54, 1.807) is 12.1 Å². The molecule has 8 nitrogen and oxygen atoms in total. The number of nitrogens with one attached hydrogen (secondary N) is 2. The fraction of sp³-hybridized carbons (Fsp3) is 0.500. The highest BCUT2D eigenvalue weighted by Gasteiger charge is 2.37. The molecule has 9 heteroatoms. The van der Waals surface area contributed by atoms with Gasteiger partial charge >= 0.3 is 0 Å². The normalized spacial score (nSPS) is 21.1. The maximum Gasteiger partial charge on any atom is 0.229 e. The summed E-state index contributed by atoms with van der Waals surface area (Å²) >= 11 is 0. The summed E-state index contributed by atoms with van der Waals surface area (Å²) in [5.41, 5.74) is 0.524. The molecule has 2 aliphatic heterocycles. The lowest BCUT2D eigenvalue weighted by Crippen LogP contribution is -2.42. The molecule has 1 atom stereocenters. The van der Waals surface area contributed by atoms with Crippen LogP contribution < -0.4 is 10.2 Å². The second-order valence-corrected chi connectivity index (χ2v) is 6.86. The number of ether oxygens (including phenoxy) is 1. The Bertz CT molecular complexity index is 849. The molecule has 144 valence electrons. The largest absolute Gasteiger partial charge is 0.379 e. The molecular weight excluding hydrogens is 353 g/mol. The minimum atomic E-state index is -0.458. The number of H-pyrrole nitrogens is 1. The number of carbonyl (C=O) groups is 2. The summed E-state index contributed by atoms with van der Waals surface area (Å²) in [6.07, 6.45) is 0.103. The number of fused-ring (bicyclic) bond motifs is 1. The van der Waals surface area contributed by atoms with Crippen molar-refractivity contribution in [2.45, 2.75) is 6.42 Å². The number of halogens is 1. The van der Waals surface area contributed by atoms with Crippen LogP contribution in [0.25, 0.3) is 10.9 Å². The molecule has 0 aliphatic carbocycles. The number of aromatic amines is 1. The quantitative estimate of drug-likeness (QED) is 0.794. The van der Waals surface area contributed by atoms with Crippen LogP contribution in [0.15, 0.2) is 18.2 Å². The predicted octanol–water partition coefficient (Wildman–Crippen LogP) is 0.503. The van der Waals surface area contributed by atoms with Gasteiger partial charge in [0.2, 0.25) is 11.8 Å². The number of hydrogen-bond donors (Lipinski definition) is 2. The molecule has 4 rings (SSSR count). The Hall–Kier alpha value is -2.52. The van der Waals surface area contributed by atoms with Gasteiger partial charge < -0.3 is 10.1 Å². The summed E-state index contributed by atoms with van der Waals surface area (Å²) in [6.45, 7) is 4.66. The molecule has 2 amide bonds. The molecule has 1 aromatic carbocycles. The number of anilines is 1. The Kier molecular flexibility index (Phi) is 5.04. The topological polar surface area (TPSA) is 90.6 Å². The molecular formula is C18H22FN5O3. The minimum absolute atomic E-state index is 0.103. The first-order valence-electron chi connectivity index (χ1n) is 9.14. The lowest BCUT2D eigenvalue weighted by Gasteiger charge is -2.26. The standard InChI is InChI=1S/C18H22FN5O3/c19-13-2-1-3-14-16(13)17(22-21-14)24-11-12(10-15(24)25)18(26)20-4-5-23-6-8-27-9-7-23/h1-3,12H,4-11H2,(H,20,26)(H,21,22)/t12-/m0/s1. The van der Waals surface area contributed by atoms with Gasteiger partial charge in [-0.2, -0.15) is 5.10 Å². The van der Waals surface area contributed by atoms with Gasteiger partial charge in [0, 0.05) is 39.1 Å². The number of aromatic nitrogens is 2. The van der Waals surface area contributed by atoms with Crippen LogP contribution in [0.4, 0.5) is 10.2 Å². The van der Waals surface area contributed by atoms with Crippen LogP contribution in [0, 0.1) is 11.7 Å². The van der Waals surface area contributed by atoms with Gasteiger partial charge in [-0.15, -0.1) is 0 Å². The van der Waals surface area contributed by atoms with Crippen LogP contribution in [-0.4, -0.2) is 72.8 Å². The number of benzene rings is 1. The number of nitrogens with zero attached hydrogens (tertiary/aromatic N) is 3. The number of morpholine rings is 1. The Morgan fingerprint density at radius 2 is 2.19 bits per heavy atom. The van der Waals surface area contributed by atoms with E-state index in [4.69, 9.17) is 4.74 Å². The van der Waals surface area contributed by atoms with Crippen molar-refractivity contribution in [2.75, 3.05) is 50.8 Å². The van der Waals surface area contributed by atoms with Gasteiger partial charge in [-0.3, -0.25) is 24.5 Å². The van der Waals surface area contributed by atoms with Crippen molar-refractivity contribution in [3.05, 3.63) is 24.0 Å². The van der Waals surface area contributed by atoms with Crippen LogP contribution in [0.3, 0.4) is 0 Å². The van der Waals surface area contributed by atoms with E-state index in [-0.39, 0.29) is 36.0 Å². The molecule has 2 aliphatic rings. The summed E-state index contributed by atoms with van der Waals surface area (Å²) < 4.78 is 19.5. The first kappa shape index (κ1) is 17.9. The van der Waals surface area contributed by atoms with Crippen molar-refractivity contribution in [3.63, 3.8) is 0 Å². The van der Waals surface area contributed by atoms with Crippen LogP contribution in [0.1, 0.15) is 6.42 Å². The van der Waals surface area contributed by atoms with E-state index in [1.807, 2.05) is 0 Å². The highest BCUT2D eigenvalue weighted by Crippen LogP contribution is 2.31. The number of hydrogen-bond acceptors (Lipinski definition) is 5. The molecule has 0 saturated carbocycles. The minimum Gasteiger partial charge on any atom is -0.379 e. The van der Waals surface area contributed by atoms with Crippen molar-refractivity contribution in [1.82, 2.24) is 20.4 Å². The second kappa shape index (κ2) is 7.61. The monoisotopic (exact) mass is 375 g/mol. The van der Waals surface area contributed by atoms with Gasteiger partial charge in [-0.05, 0) is 12.1 Å². The van der Waals surface area contributed by atoms with Gasteiger partial charge in [-0.1, -0.05) is 6.07 Å². The molecule has 0 spiro atoms. The maximum atomic E-state index is 14.2. The lowest BCUT2D eigenvalue weighted by atomic mass is 10.1. The molecule has 2 fully saturated rings. The van der Waals surface area contributed by atoms with E-state index in [2.05, 4.69) is 20.4 Å². The fourth-order valence-electron chi connectivity index (χ4n) is 3.60. The van der Waals surface area contributed by atoms with Crippen molar-refractivity contribution in [1.29, 1.82) is 0 Å². The van der Waals surface area contributed by atoms with Gasteiger partial charge in [0.1, 0.15) is 5.82 Å². The Morgan fingerprint density at radius 1 is 1.37 bits per heavy atom. The number of rotatable bonds is 5. The van der Waals surface area contributed by atoms with Gasteiger partial charge in [0.15, 0.2) is 5.82 Å². The Labute approximate surface area is 155 Å². The highest BCUT2D eigenvalue weighted by molar-refractivity contribution is 6.05. The molecule has 2 saturated heterocycles. The van der Waals surface area contributed by atoms with Crippen LogP contribution in [-0.2, 0) is 14.3 Å². The summed E-state index contributed by atoms with van der Waals surface area (Å²) in [5, 5.41) is 10.0. The van der Waals surface area contributed by atoms with Gasteiger partial charge in [-0.25, -0.2) is 4.39 Å². The van der Waals surface area contributed by atoms with E-state index in [0.29, 0.717) is 25.3 Å². The molecule has 0 unspecified atom stereocenters. The molecule has 27 heavy (non-hydrogen) atoms. The summed E-state index contributed by atoms with van der Waals surface area (Å²) in [7, 11) is 0. The third-order valence-corrected chi connectivity index (χ3v) is 5.10. The molecule has 1 aromatic heterocycles. The Balaban J connectivity index is 1.37.